The molecule has 0 saturated heterocycles. The molecule has 0 aromatic heterocycles. The van der Waals surface area contributed by atoms with Gasteiger partial charge < -0.3 is 0 Å². The summed E-state index contributed by atoms with van der Waals surface area (Å²) in [5, 5.41) is -0.413. The number of sulfonamides is 1. The first-order chi connectivity index (χ1) is 11.3. The van der Waals surface area contributed by atoms with Crippen LogP contribution >= 0.6 is 23.2 Å². The molecule has 0 aliphatic heterocycles. The van der Waals surface area contributed by atoms with Crippen LogP contribution in [0.3, 0.4) is 0 Å². The minimum Gasteiger partial charge on any atom is -0.288 e. The Morgan fingerprint density at radius 2 is 1.46 bits per heavy atom. The van der Waals surface area contributed by atoms with Gasteiger partial charge in [-0.3, -0.25) is 4.79 Å². The van der Waals surface area contributed by atoms with E-state index in [1.54, 1.807) is 36.4 Å². The van der Waals surface area contributed by atoms with Crippen molar-refractivity contribution in [2.75, 3.05) is 0 Å². The number of allylic oxidation sites excluding steroid dienone is 2. The highest BCUT2D eigenvalue weighted by atomic mass is 35.5. The van der Waals surface area contributed by atoms with Crippen molar-refractivity contribution >= 4 is 44.7 Å². The van der Waals surface area contributed by atoms with Gasteiger partial charge in [0, 0.05) is 11.1 Å². The summed E-state index contributed by atoms with van der Waals surface area (Å²) < 4.78 is 29.0. The monoisotopic (exact) mass is 379 g/mol. The highest BCUT2D eigenvalue weighted by molar-refractivity contribution is 7.90. The lowest BCUT2D eigenvalue weighted by molar-refractivity contribution is 0.104. The fourth-order valence-electron chi connectivity index (χ4n) is 2.30. The lowest BCUT2D eigenvalue weighted by Gasteiger charge is -2.17. The number of Topliss-reactive ketones (excluding diaryl/α,β-unsaturated/α-hetero) is 1. The smallest absolute Gasteiger partial charge is 0.282 e. The second kappa shape index (κ2) is 6.16. The highest BCUT2D eigenvalue weighted by Crippen LogP contribution is 2.32. The van der Waals surface area contributed by atoms with Crippen LogP contribution in [0, 0.1) is 6.92 Å². The second-order valence-electron chi connectivity index (χ2n) is 5.23. The Balaban J connectivity index is 2.21. The Morgan fingerprint density at radius 3 is 2.08 bits per heavy atom. The molecule has 0 spiro atoms. The number of rotatable bonds is 2. The van der Waals surface area contributed by atoms with Crippen molar-refractivity contribution < 1.29 is 13.2 Å². The van der Waals surface area contributed by atoms with Gasteiger partial charge in [-0.1, -0.05) is 65.2 Å². The van der Waals surface area contributed by atoms with Gasteiger partial charge in [0.15, 0.2) is 0 Å². The standard InChI is InChI=1S/C17H11Cl2NO3S/c1-10-6-8-11(9-7-10)24(22,23)20-16-12-4-2-3-5-13(12)17(21)15(19)14(16)18/h2-9H,1H3/b20-16+. The van der Waals surface area contributed by atoms with Gasteiger partial charge in [0.1, 0.15) is 10.7 Å². The summed E-state index contributed by atoms with van der Waals surface area (Å²) in [7, 11) is -3.99. The quantitative estimate of drug-likeness (QED) is 0.789. The van der Waals surface area contributed by atoms with Crippen molar-refractivity contribution in [2.45, 2.75) is 11.8 Å². The van der Waals surface area contributed by atoms with Gasteiger partial charge in [-0.25, -0.2) is 0 Å². The molecule has 0 fully saturated rings. The van der Waals surface area contributed by atoms with E-state index in [9.17, 15) is 13.2 Å². The fourth-order valence-corrected chi connectivity index (χ4v) is 3.79. The number of carbonyl (C=O) groups is 1. The molecule has 4 nitrogen and oxygen atoms in total. The van der Waals surface area contributed by atoms with E-state index in [2.05, 4.69) is 4.40 Å². The number of benzene rings is 2. The maximum atomic E-state index is 12.6. The summed E-state index contributed by atoms with van der Waals surface area (Å²) in [6.45, 7) is 1.85. The third-order valence-electron chi connectivity index (χ3n) is 3.56. The summed E-state index contributed by atoms with van der Waals surface area (Å²) in [6, 6.07) is 12.8. The fraction of sp³-hybridized carbons (Fsp3) is 0.0588. The van der Waals surface area contributed by atoms with E-state index >= 15 is 0 Å². The van der Waals surface area contributed by atoms with Crippen molar-refractivity contribution in [3.63, 3.8) is 0 Å². The van der Waals surface area contributed by atoms with Crippen LogP contribution in [-0.2, 0) is 10.0 Å². The first-order valence-electron chi connectivity index (χ1n) is 6.92. The minimum atomic E-state index is -3.99. The number of nitrogens with zero attached hydrogens (tertiary/aromatic N) is 1. The molecule has 3 rings (SSSR count). The third kappa shape index (κ3) is 2.90. The zero-order chi connectivity index (χ0) is 17.5. The van der Waals surface area contributed by atoms with Gasteiger partial charge in [0.2, 0.25) is 5.78 Å². The SMILES string of the molecule is Cc1ccc(S(=O)(=O)/N=C2/C(Cl)=C(Cl)C(=O)c3ccccc32)cc1. The Morgan fingerprint density at radius 1 is 0.875 bits per heavy atom. The van der Waals surface area contributed by atoms with Crippen LogP contribution in [0.2, 0.25) is 0 Å². The molecule has 2 aromatic rings. The molecule has 0 heterocycles. The van der Waals surface area contributed by atoms with Crippen LogP contribution in [0.1, 0.15) is 21.5 Å². The third-order valence-corrected chi connectivity index (χ3v) is 5.67. The van der Waals surface area contributed by atoms with Crippen LogP contribution in [0.4, 0.5) is 0 Å². The van der Waals surface area contributed by atoms with Crippen LogP contribution < -0.4 is 0 Å². The largest absolute Gasteiger partial charge is 0.288 e. The Kier molecular flexibility index (Phi) is 4.34. The molecule has 122 valence electrons. The molecule has 0 saturated carbocycles. The molecule has 0 bridgehead atoms. The van der Waals surface area contributed by atoms with Crippen molar-refractivity contribution in [3.8, 4) is 0 Å². The predicted molar refractivity (Wildman–Crippen MR) is 94.4 cm³/mol. The number of hydrogen-bond acceptors (Lipinski definition) is 3. The van der Waals surface area contributed by atoms with E-state index in [-0.39, 0.29) is 26.2 Å². The maximum absolute atomic E-state index is 12.6. The van der Waals surface area contributed by atoms with E-state index in [1.165, 1.54) is 12.1 Å². The van der Waals surface area contributed by atoms with Gasteiger partial charge in [-0.2, -0.15) is 12.8 Å². The van der Waals surface area contributed by atoms with Crippen molar-refractivity contribution in [2.24, 2.45) is 4.40 Å². The van der Waals surface area contributed by atoms with Gasteiger partial charge >= 0.3 is 0 Å². The van der Waals surface area contributed by atoms with Crippen LogP contribution in [0.5, 0.6) is 0 Å². The number of halogens is 2. The van der Waals surface area contributed by atoms with Crippen LogP contribution in [-0.4, -0.2) is 19.9 Å². The van der Waals surface area contributed by atoms with Crippen molar-refractivity contribution in [1.82, 2.24) is 0 Å². The summed E-state index contributed by atoms with van der Waals surface area (Å²) >= 11 is 12.1. The number of ketones is 1. The molecule has 1 aliphatic rings. The summed E-state index contributed by atoms with van der Waals surface area (Å²) in [4.78, 5) is 12.2. The van der Waals surface area contributed by atoms with E-state index in [1.807, 2.05) is 6.92 Å². The highest BCUT2D eigenvalue weighted by Gasteiger charge is 2.30. The number of carbonyl (C=O) groups excluding carboxylic acids is 1. The van der Waals surface area contributed by atoms with E-state index in [0.29, 0.717) is 5.56 Å². The van der Waals surface area contributed by atoms with Gasteiger partial charge in [-0.05, 0) is 19.1 Å². The van der Waals surface area contributed by atoms with Gasteiger partial charge in [0.05, 0.1) is 9.93 Å². The van der Waals surface area contributed by atoms with Gasteiger partial charge in [-0.15, -0.1) is 0 Å². The topological polar surface area (TPSA) is 63.6 Å². The van der Waals surface area contributed by atoms with Gasteiger partial charge in [0.25, 0.3) is 10.0 Å². The van der Waals surface area contributed by atoms with Crippen LogP contribution in [0.25, 0.3) is 0 Å². The van der Waals surface area contributed by atoms with E-state index in [0.717, 1.165) is 5.56 Å². The summed E-state index contributed by atoms with van der Waals surface area (Å²) in [6.07, 6.45) is 0. The zero-order valence-corrected chi connectivity index (χ0v) is 14.8. The van der Waals surface area contributed by atoms with E-state index < -0.39 is 15.8 Å². The molecule has 2 aromatic carbocycles. The molecule has 7 heteroatoms. The summed E-state index contributed by atoms with van der Waals surface area (Å²) in [5.41, 5.74) is 1.51. The first-order valence-corrected chi connectivity index (χ1v) is 9.12. The first kappa shape index (κ1) is 16.9. The maximum Gasteiger partial charge on any atom is 0.282 e. The molecule has 24 heavy (non-hydrogen) atoms. The minimum absolute atomic E-state index is 0.0301. The average molecular weight is 380 g/mol. The number of aryl methyl sites for hydroxylation is 1. The molecule has 0 atom stereocenters. The molecular formula is C17H11Cl2NO3S. The summed E-state index contributed by atoms with van der Waals surface area (Å²) in [5.74, 6) is -0.455. The Hall–Kier alpha value is -1.95. The van der Waals surface area contributed by atoms with Crippen molar-refractivity contribution in [3.05, 3.63) is 75.3 Å². The molecule has 0 radical (unpaired) electrons. The predicted octanol–water partition coefficient (Wildman–Crippen LogP) is 4.06. The molecule has 0 amide bonds. The zero-order valence-electron chi connectivity index (χ0n) is 12.5. The molecule has 0 unspecified atom stereocenters. The number of hydrogen-bond donors (Lipinski definition) is 0. The Bertz CT molecular complexity index is 1010. The molecular weight excluding hydrogens is 369 g/mol. The molecule has 1 aliphatic carbocycles. The van der Waals surface area contributed by atoms with Crippen LogP contribution in [0.15, 0.2) is 67.9 Å². The average Bonchev–Trinajstić information content (AvgIpc) is 2.57. The molecule has 0 N–H and O–H groups in total. The lowest BCUT2D eigenvalue weighted by atomic mass is 9.94. The second-order valence-corrected chi connectivity index (χ2v) is 7.59. The number of fused-ring (bicyclic) bond motifs is 1. The normalized spacial score (nSPS) is 16.5. The van der Waals surface area contributed by atoms with Crippen molar-refractivity contribution in [1.29, 1.82) is 0 Å². The lowest BCUT2D eigenvalue weighted by Crippen LogP contribution is -2.19. The van der Waals surface area contributed by atoms with E-state index in [4.69, 9.17) is 23.2 Å². The Labute approximate surface area is 149 Å².